The van der Waals surface area contributed by atoms with Crippen LogP contribution >= 0.6 is 0 Å². The van der Waals surface area contributed by atoms with E-state index in [-0.39, 0.29) is 10.1 Å². The molecule has 2 aromatic rings. The van der Waals surface area contributed by atoms with Crippen molar-refractivity contribution in [3.8, 4) is 11.5 Å². The normalized spacial score (nSPS) is 13.7. The highest BCUT2D eigenvalue weighted by atomic mass is 28.4. The lowest BCUT2D eigenvalue weighted by Crippen LogP contribution is -2.44. The maximum atomic E-state index is 11.6. The molecule has 6 heteroatoms. The smallest absolute Gasteiger partial charge is 0.250 e. The fraction of sp³-hybridized carbons (Fsp3) is 0.609. The number of aromatic amines is 1. The molecule has 0 aliphatic rings. The summed E-state index contributed by atoms with van der Waals surface area (Å²) in [4.78, 5) is 14.8. The van der Waals surface area contributed by atoms with Crippen molar-refractivity contribution in [2.45, 2.75) is 91.7 Å². The van der Waals surface area contributed by atoms with E-state index in [1.165, 1.54) is 0 Å². The largest absolute Gasteiger partial charge is 0.543 e. The van der Waals surface area contributed by atoms with Crippen molar-refractivity contribution in [2.24, 2.45) is 0 Å². The highest BCUT2D eigenvalue weighted by molar-refractivity contribution is 6.75. The second kappa shape index (κ2) is 7.31. The van der Waals surface area contributed by atoms with Crippen LogP contribution in [0.25, 0.3) is 10.9 Å². The first-order chi connectivity index (χ1) is 12.9. The summed E-state index contributed by atoms with van der Waals surface area (Å²) < 4.78 is 13.5. The summed E-state index contributed by atoms with van der Waals surface area (Å²) in [5.41, 5.74) is 3.58. The van der Waals surface area contributed by atoms with Crippen LogP contribution in [0.5, 0.6) is 11.5 Å². The third-order valence-electron chi connectivity index (χ3n) is 7.01. The summed E-state index contributed by atoms with van der Waals surface area (Å²) in [6.07, 6.45) is 0.858. The van der Waals surface area contributed by atoms with Crippen LogP contribution in [-0.2, 0) is 0 Å². The zero-order valence-corrected chi connectivity index (χ0v) is 22.4. The fourth-order valence-corrected chi connectivity index (χ4v) is 4.85. The first-order valence-electron chi connectivity index (χ1n) is 10.4. The van der Waals surface area contributed by atoms with Crippen molar-refractivity contribution >= 4 is 33.8 Å². The van der Waals surface area contributed by atoms with Gasteiger partial charge in [-0.05, 0) is 67.3 Å². The zero-order valence-electron chi connectivity index (χ0n) is 20.4. The van der Waals surface area contributed by atoms with Gasteiger partial charge in [0, 0.05) is 5.39 Å². The Balaban J connectivity index is 2.77. The maximum absolute atomic E-state index is 11.6. The number of hydrogen-bond acceptors (Lipinski definition) is 3. The van der Waals surface area contributed by atoms with Crippen molar-refractivity contribution < 1.29 is 13.6 Å². The van der Waals surface area contributed by atoms with Crippen LogP contribution in [0, 0.1) is 13.8 Å². The fourth-order valence-electron chi connectivity index (χ4n) is 2.70. The molecule has 1 aromatic heterocycles. The van der Waals surface area contributed by atoms with E-state index in [2.05, 4.69) is 86.6 Å². The third kappa shape index (κ3) is 4.33. The Morgan fingerprint density at radius 2 is 1.24 bits per heavy atom. The second-order valence-electron chi connectivity index (χ2n) is 11.3. The van der Waals surface area contributed by atoms with E-state index < -0.39 is 16.6 Å². The van der Waals surface area contributed by atoms with E-state index in [0.29, 0.717) is 5.69 Å². The number of benzene rings is 1. The minimum atomic E-state index is -2.05. The number of rotatable bonds is 5. The van der Waals surface area contributed by atoms with Crippen molar-refractivity contribution in [3.05, 3.63) is 22.9 Å². The number of nitrogens with one attached hydrogen (secondary N) is 1. The second-order valence-corrected chi connectivity index (χ2v) is 20.7. The standard InChI is InChI=1S/C23H39NO3Si2/c1-15-16(2)21(27-29(11,12)23(6,7)8)19-18(13-17(14-25)24-19)20(15)26-28(9,10)22(3,4)5/h13-14,24H,1-12H3. The van der Waals surface area contributed by atoms with E-state index in [1.54, 1.807) is 0 Å². The molecule has 0 aliphatic carbocycles. The summed E-state index contributed by atoms with van der Waals surface area (Å²) >= 11 is 0. The molecular weight excluding hydrogens is 394 g/mol. The summed E-state index contributed by atoms with van der Waals surface area (Å²) in [6.45, 7) is 26.6. The maximum Gasteiger partial charge on any atom is 0.250 e. The minimum Gasteiger partial charge on any atom is -0.543 e. The molecule has 0 fully saturated rings. The molecule has 29 heavy (non-hydrogen) atoms. The van der Waals surface area contributed by atoms with Crippen LogP contribution in [0.15, 0.2) is 6.07 Å². The number of carbonyl (C=O) groups excluding carboxylic acids is 1. The van der Waals surface area contributed by atoms with Gasteiger partial charge in [0.15, 0.2) is 6.29 Å². The van der Waals surface area contributed by atoms with Gasteiger partial charge in [0.1, 0.15) is 11.5 Å². The highest BCUT2D eigenvalue weighted by Gasteiger charge is 2.42. The Bertz CT molecular complexity index is 857. The van der Waals surface area contributed by atoms with Gasteiger partial charge in [-0.1, -0.05) is 41.5 Å². The summed E-state index contributed by atoms with van der Waals surface area (Å²) in [6, 6.07) is 1.90. The van der Waals surface area contributed by atoms with Crippen LogP contribution in [0.2, 0.25) is 36.3 Å². The molecule has 4 nitrogen and oxygen atoms in total. The quantitative estimate of drug-likeness (QED) is 0.395. The molecule has 0 saturated carbocycles. The lowest BCUT2D eigenvalue weighted by Gasteiger charge is -2.39. The zero-order chi connectivity index (χ0) is 22.6. The topological polar surface area (TPSA) is 51.3 Å². The summed E-state index contributed by atoms with van der Waals surface area (Å²) in [5.74, 6) is 1.75. The summed E-state index contributed by atoms with van der Waals surface area (Å²) in [7, 11) is -4.10. The van der Waals surface area contributed by atoms with Gasteiger partial charge in [0.2, 0.25) is 0 Å². The van der Waals surface area contributed by atoms with Crippen molar-refractivity contribution in [1.82, 2.24) is 4.98 Å². The molecule has 0 amide bonds. The Morgan fingerprint density at radius 3 is 1.66 bits per heavy atom. The van der Waals surface area contributed by atoms with Gasteiger partial charge in [-0.25, -0.2) is 0 Å². The van der Waals surface area contributed by atoms with Gasteiger partial charge in [0.25, 0.3) is 16.6 Å². The van der Waals surface area contributed by atoms with E-state index in [0.717, 1.165) is 39.8 Å². The van der Waals surface area contributed by atoms with E-state index in [9.17, 15) is 4.79 Å². The molecule has 1 aromatic carbocycles. The molecule has 162 valence electrons. The van der Waals surface area contributed by atoms with Crippen molar-refractivity contribution in [3.63, 3.8) is 0 Å². The number of carbonyl (C=O) groups is 1. The van der Waals surface area contributed by atoms with Gasteiger partial charge < -0.3 is 13.8 Å². The van der Waals surface area contributed by atoms with Crippen LogP contribution in [0.1, 0.15) is 63.2 Å². The van der Waals surface area contributed by atoms with Crippen molar-refractivity contribution in [2.75, 3.05) is 0 Å². The molecule has 0 unspecified atom stereocenters. The third-order valence-corrected chi connectivity index (χ3v) is 15.7. The Hall–Kier alpha value is -1.54. The number of aromatic nitrogens is 1. The average molecular weight is 434 g/mol. The van der Waals surface area contributed by atoms with Crippen LogP contribution in [0.3, 0.4) is 0 Å². The number of hydrogen-bond donors (Lipinski definition) is 1. The Kier molecular flexibility index (Phi) is 5.98. The lowest BCUT2D eigenvalue weighted by molar-refractivity contribution is 0.112. The SMILES string of the molecule is Cc1c(C)c(O[Si](C)(C)C(C)(C)C)c2[nH]c(C=O)cc2c1O[Si](C)(C)C(C)(C)C. The minimum absolute atomic E-state index is 0.0794. The summed E-state index contributed by atoms with van der Waals surface area (Å²) in [5, 5.41) is 1.10. The molecule has 0 atom stereocenters. The number of aldehydes is 1. The van der Waals surface area contributed by atoms with Gasteiger partial charge in [-0.15, -0.1) is 0 Å². The predicted molar refractivity (Wildman–Crippen MR) is 129 cm³/mol. The molecule has 1 heterocycles. The molecule has 2 rings (SSSR count). The van der Waals surface area contributed by atoms with Crippen LogP contribution in [0.4, 0.5) is 0 Å². The molecule has 0 radical (unpaired) electrons. The molecule has 0 spiro atoms. The Labute approximate surface area is 178 Å². The Morgan fingerprint density at radius 1 is 0.828 bits per heavy atom. The van der Waals surface area contributed by atoms with Gasteiger partial charge in [-0.2, -0.15) is 0 Å². The van der Waals surface area contributed by atoms with E-state index in [4.69, 9.17) is 8.85 Å². The molecule has 0 aliphatic heterocycles. The van der Waals surface area contributed by atoms with Gasteiger partial charge in [0.05, 0.1) is 11.2 Å². The average Bonchev–Trinajstić information content (AvgIpc) is 2.97. The lowest BCUT2D eigenvalue weighted by atomic mass is 10.0. The molecule has 0 saturated heterocycles. The number of H-pyrrole nitrogens is 1. The molecule has 0 bridgehead atoms. The first kappa shape index (κ1) is 23.7. The highest BCUT2D eigenvalue weighted by Crippen LogP contribution is 2.47. The van der Waals surface area contributed by atoms with Crippen LogP contribution in [-0.4, -0.2) is 27.9 Å². The first-order valence-corrected chi connectivity index (χ1v) is 16.2. The molecule has 1 N–H and O–H groups in total. The van der Waals surface area contributed by atoms with Crippen LogP contribution < -0.4 is 8.85 Å². The monoisotopic (exact) mass is 433 g/mol. The van der Waals surface area contributed by atoms with Crippen molar-refractivity contribution in [1.29, 1.82) is 0 Å². The predicted octanol–water partition coefficient (Wildman–Crippen LogP) is 7.37. The van der Waals surface area contributed by atoms with Gasteiger partial charge >= 0.3 is 0 Å². The molecular formula is C23H39NO3Si2. The van der Waals surface area contributed by atoms with E-state index >= 15 is 0 Å². The van der Waals surface area contributed by atoms with Gasteiger partial charge in [-0.3, -0.25) is 4.79 Å². The number of fused-ring (bicyclic) bond motifs is 1. The van der Waals surface area contributed by atoms with E-state index in [1.807, 2.05) is 6.07 Å².